The van der Waals surface area contributed by atoms with Crippen molar-refractivity contribution in [2.75, 3.05) is 24.3 Å². The van der Waals surface area contributed by atoms with E-state index in [1.54, 1.807) is 18.2 Å². The standard InChI is InChI=1S/C12H14N2O3/c1-14(2)10-5-3-4-9(8-10)13-11(15)6-7-12(16)17/h3-8H,1-2H3,(H,13,15)(H,16,17)/p-1/b7-6-. The molecule has 0 radical (unpaired) electrons. The van der Waals surface area contributed by atoms with E-state index >= 15 is 0 Å². The van der Waals surface area contributed by atoms with E-state index < -0.39 is 11.9 Å². The molecule has 0 bridgehead atoms. The quantitative estimate of drug-likeness (QED) is 0.743. The van der Waals surface area contributed by atoms with Crippen molar-refractivity contribution in [1.29, 1.82) is 0 Å². The molecule has 0 spiro atoms. The highest BCUT2D eigenvalue weighted by atomic mass is 16.4. The predicted octanol–water partition coefficient (Wildman–Crippen LogP) is -0.00280. The average molecular weight is 233 g/mol. The molecule has 0 aliphatic rings. The van der Waals surface area contributed by atoms with E-state index in [-0.39, 0.29) is 0 Å². The van der Waals surface area contributed by atoms with E-state index in [0.29, 0.717) is 11.8 Å². The molecule has 1 rings (SSSR count). The number of hydrogen-bond acceptors (Lipinski definition) is 4. The monoisotopic (exact) mass is 233 g/mol. The van der Waals surface area contributed by atoms with Gasteiger partial charge < -0.3 is 20.1 Å². The zero-order chi connectivity index (χ0) is 12.8. The number of rotatable bonds is 4. The van der Waals surface area contributed by atoms with Crippen molar-refractivity contribution in [1.82, 2.24) is 0 Å². The zero-order valence-corrected chi connectivity index (χ0v) is 9.64. The van der Waals surface area contributed by atoms with Gasteiger partial charge in [-0.05, 0) is 24.3 Å². The second-order valence-corrected chi connectivity index (χ2v) is 3.59. The number of aliphatic carboxylic acids is 1. The first-order valence-corrected chi connectivity index (χ1v) is 4.96. The highest BCUT2D eigenvalue weighted by Gasteiger charge is 2.00. The normalized spacial score (nSPS) is 10.2. The van der Waals surface area contributed by atoms with E-state index in [1.165, 1.54) is 0 Å². The Kier molecular flexibility index (Phi) is 4.28. The number of nitrogens with one attached hydrogen (secondary N) is 1. The first-order valence-electron chi connectivity index (χ1n) is 4.96. The van der Waals surface area contributed by atoms with Crippen LogP contribution in [0.1, 0.15) is 0 Å². The molecule has 0 aliphatic heterocycles. The van der Waals surface area contributed by atoms with E-state index in [2.05, 4.69) is 5.32 Å². The highest BCUT2D eigenvalue weighted by Crippen LogP contribution is 2.17. The van der Waals surface area contributed by atoms with Gasteiger partial charge in [0.15, 0.2) is 0 Å². The van der Waals surface area contributed by atoms with Crippen molar-refractivity contribution >= 4 is 23.3 Å². The molecule has 1 aromatic carbocycles. The summed E-state index contributed by atoms with van der Waals surface area (Å²) >= 11 is 0. The van der Waals surface area contributed by atoms with Crippen LogP contribution in [0.25, 0.3) is 0 Å². The third-order valence-electron chi connectivity index (χ3n) is 2.00. The van der Waals surface area contributed by atoms with E-state index in [4.69, 9.17) is 0 Å². The number of nitrogens with zero attached hydrogens (tertiary/aromatic N) is 1. The van der Waals surface area contributed by atoms with Crippen molar-refractivity contribution in [3.8, 4) is 0 Å². The maximum atomic E-state index is 11.3. The average Bonchev–Trinajstić information content (AvgIpc) is 2.26. The maximum Gasteiger partial charge on any atom is 0.248 e. The number of hydrogen-bond donors (Lipinski definition) is 1. The Balaban J connectivity index is 2.72. The van der Waals surface area contributed by atoms with Crippen LogP contribution in [-0.2, 0) is 9.59 Å². The molecule has 0 saturated carbocycles. The third kappa shape index (κ3) is 4.38. The van der Waals surface area contributed by atoms with Crippen LogP contribution in [0.4, 0.5) is 11.4 Å². The summed E-state index contributed by atoms with van der Waals surface area (Å²) in [4.78, 5) is 23.3. The predicted molar refractivity (Wildman–Crippen MR) is 63.5 cm³/mol. The van der Waals surface area contributed by atoms with Gasteiger partial charge in [0.05, 0.1) is 5.97 Å². The molecule has 0 atom stereocenters. The van der Waals surface area contributed by atoms with E-state index in [1.807, 2.05) is 25.1 Å². The van der Waals surface area contributed by atoms with Crippen molar-refractivity contribution in [2.24, 2.45) is 0 Å². The summed E-state index contributed by atoms with van der Waals surface area (Å²) in [5.41, 5.74) is 1.54. The molecule has 1 aromatic rings. The molecule has 5 heteroatoms. The van der Waals surface area contributed by atoms with Gasteiger partial charge in [0.25, 0.3) is 0 Å². The molecule has 0 saturated heterocycles. The lowest BCUT2D eigenvalue weighted by Gasteiger charge is -2.13. The largest absolute Gasteiger partial charge is 0.545 e. The summed E-state index contributed by atoms with van der Waals surface area (Å²) in [6, 6.07) is 7.20. The summed E-state index contributed by atoms with van der Waals surface area (Å²) in [5, 5.41) is 12.7. The molecule has 1 amide bonds. The Bertz CT molecular complexity index is 453. The minimum Gasteiger partial charge on any atom is -0.545 e. The molecule has 0 aromatic heterocycles. The topological polar surface area (TPSA) is 72.5 Å². The van der Waals surface area contributed by atoms with Crippen LogP contribution in [0.2, 0.25) is 0 Å². The molecule has 5 nitrogen and oxygen atoms in total. The van der Waals surface area contributed by atoms with Gasteiger partial charge in [0, 0.05) is 31.5 Å². The Hall–Kier alpha value is -2.30. The number of carbonyl (C=O) groups is 2. The molecule has 17 heavy (non-hydrogen) atoms. The number of amides is 1. The van der Waals surface area contributed by atoms with Crippen LogP contribution in [0.15, 0.2) is 36.4 Å². The van der Waals surface area contributed by atoms with Crippen LogP contribution >= 0.6 is 0 Å². The molecule has 90 valence electrons. The van der Waals surface area contributed by atoms with Gasteiger partial charge in [0.2, 0.25) is 5.91 Å². The number of carboxylic acids is 1. The lowest BCUT2D eigenvalue weighted by molar-refractivity contribution is -0.297. The Morgan fingerprint density at radius 1 is 1.29 bits per heavy atom. The summed E-state index contributed by atoms with van der Waals surface area (Å²) in [7, 11) is 3.77. The van der Waals surface area contributed by atoms with Gasteiger partial charge >= 0.3 is 0 Å². The summed E-state index contributed by atoms with van der Waals surface area (Å²) < 4.78 is 0. The van der Waals surface area contributed by atoms with Crippen molar-refractivity contribution < 1.29 is 14.7 Å². The molecule has 1 N–H and O–H groups in total. The van der Waals surface area contributed by atoms with Gasteiger partial charge in [-0.2, -0.15) is 0 Å². The fraction of sp³-hybridized carbons (Fsp3) is 0.167. The summed E-state index contributed by atoms with van der Waals surface area (Å²) in [6.07, 6.45) is 1.60. The molecule has 0 heterocycles. The Labute approximate surface area is 99.4 Å². The fourth-order valence-corrected chi connectivity index (χ4v) is 1.19. The smallest absolute Gasteiger partial charge is 0.248 e. The SMILES string of the molecule is CN(C)c1cccc(NC(=O)/C=C\C(=O)[O-])c1. The second kappa shape index (κ2) is 5.69. The zero-order valence-electron chi connectivity index (χ0n) is 9.64. The number of carbonyl (C=O) groups excluding carboxylic acids is 2. The van der Waals surface area contributed by atoms with Gasteiger partial charge in [0.1, 0.15) is 0 Å². The lowest BCUT2D eigenvalue weighted by Crippen LogP contribution is -2.20. The highest BCUT2D eigenvalue weighted by molar-refractivity contribution is 6.02. The molecule has 0 unspecified atom stereocenters. The van der Waals surface area contributed by atoms with Crippen LogP contribution < -0.4 is 15.3 Å². The summed E-state index contributed by atoms with van der Waals surface area (Å²) in [5.74, 6) is -1.91. The first kappa shape index (κ1) is 12.8. The van der Waals surface area contributed by atoms with Gasteiger partial charge in [-0.25, -0.2) is 0 Å². The molecular weight excluding hydrogens is 220 g/mol. The van der Waals surface area contributed by atoms with Gasteiger partial charge in [-0.15, -0.1) is 0 Å². The van der Waals surface area contributed by atoms with E-state index in [9.17, 15) is 14.7 Å². The van der Waals surface area contributed by atoms with E-state index in [0.717, 1.165) is 11.8 Å². The fourth-order valence-electron chi connectivity index (χ4n) is 1.19. The molecule has 0 aliphatic carbocycles. The number of benzene rings is 1. The Morgan fingerprint density at radius 3 is 2.59 bits per heavy atom. The van der Waals surface area contributed by atoms with Crippen LogP contribution in [0, 0.1) is 0 Å². The molecular formula is C12H13N2O3-. The minimum absolute atomic E-state index is 0.509. The Morgan fingerprint density at radius 2 is 2.00 bits per heavy atom. The van der Waals surface area contributed by atoms with Crippen molar-refractivity contribution in [3.63, 3.8) is 0 Å². The number of anilines is 2. The second-order valence-electron chi connectivity index (χ2n) is 3.59. The summed E-state index contributed by atoms with van der Waals surface area (Å²) in [6.45, 7) is 0. The third-order valence-corrected chi connectivity index (χ3v) is 2.00. The van der Waals surface area contributed by atoms with Crippen LogP contribution in [0.3, 0.4) is 0 Å². The first-order chi connectivity index (χ1) is 7.99. The van der Waals surface area contributed by atoms with Crippen LogP contribution in [0.5, 0.6) is 0 Å². The minimum atomic E-state index is -1.40. The number of carboxylic acid groups (broad SMARTS) is 1. The molecule has 0 fully saturated rings. The van der Waals surface area contributed by atoms with Crippen molar-refractivity contribution in [2.45, 2.75) is 0 Å². The lowest BCUT2D eigenvalue weighted by atomic mass is 10.2. The van der Waals surface area contributed by atoms with Crippen LogP contribution in [-0.4, -0.2) is 26.0 Å². The maximum absolute atomic E-state index is 11.3. The van der Waals surface area contributed by atoms with Crippen molar-refractivity contribution in [3.05, 3.63) is 36.4 Å². The van der Waals surface area contributed by atoms with Gasteiger partial charge in [-0.1, -0.05) is 6.07 Å². The van der Waals surface area contributed by atoms with Gasteiger partial charge in [-0.3, -0.25) is 4.79 Å².